The maximum atomic E-state index is 12.1. The highest BCUT2D eigenvalue weighted by molar-refractivity contribution is 5.96. The molecule has 0 atom stereocenters. The van der Waals surface area contributed by atoms with Crippen molar-refractivity contribution in [2.75, 3.05) is 0 Å². The van der Waals surface area contributed by atoms with E-state index in [-0.39, 0.29) is 11.7 Å². The van der Waals surface area contributed by atoms with Crippen LogP contribution in [0, 0.1) is 13.8 Å². The molecule has 0 aliphatic carbocycles. The van der Waals surface area contributed by atoms with Crippen LogP contribution >= 0.6 is 0 Å². The van der Waals surface area contributed by atoms with Crippen molar-refractivity contribution < 1.29 is 9.90 Å². The Morgan fingerprint density at radius 2 is 1.89 bits per heavy atom. The van der Waals surface area contributed by atoms with E-state index in [1.54, 1.807) is 25.1 Å². The monoisotopic (exact) mass is 255 g/mol. The van der Waals surface area contributed by atoms with Crippen molar-refractivity contribution in [2.24, 2.45) is 0 Å². The highest BCUT2D eigenvalue weighted by Crippen LogP contribution is 2.19. The third kappa shape index (κ3) is 3.13. The van der Waals surface area contributed by atoms with E-state index < -0.39 is 0 Å². The van der Waals surface area contributed by atoms with Gasteiger partial charge in [-0.1, -0.05) is 35.9 Å². The summed E-state index contributed by atoms with van der Waals surface area (Å²) in [5, 5.41) is 12.5. The van der Waals surface area contributed by atoms with Crippen molar-refractivity contribution in [3.63, 3.8) is 0 Å². The van der Waals surface area contributed by atoms with Gasteiger partial charge >= 0.3 is 0 Å². The summed E-state index contributed by atoms with van der Waals surface area (Å²) in [6.07, 6.45) is 0. The van der Waals surface area contributed by atoms with Crippen LogP contribution in [-0.4, -0.2) is 11.0 Å². The topological polar surface area (TPSA) is 49.3 Å². The summed E-state index contributed by atoms with van der Waals surface area (Å²) >= 11 is 0. The summed E-state index contributed by atoms with van der Waals surface area (Å²) in [5.41, 5.74) is 3.34. The summed E-state index contributed by atoms with van der Waals surface area (Å²) in [4.78, 5) is 12.1. The zero-order chi connectivity index (χ0) is 13.8. The Kier molecular flexibility index (Phi) is 3.85. The standard InChI is InChI=1S/C16H17NO2/c1-11-5-3-6-13(9-11)10-17-16(19)14-7-4-8-15(18)12(14)2/h3-9,18H,10H2,1-2H3,(H,17,19). The zero-order valence-electron chi connectivity index (χ0n) is 11.1. The highest BCUT2D eigenvalue weighted by atomic mass is 16.3. The van der Waals surface area contributed by atoms with Crippen LogP contribution in [0.15, 0.2) is 42.5 Å². The van der Waals surface area contributed by atoms with Crippen LogP contribution in [-0.2, 0) is 6.54 Å². The molecule has 1 amide bonds. The third-order valence-corrected chi connectivity index (χ3v) is 3.09. The highest BCUT2D eigenvalue weighted by Gasteiger charge is 2.10. The van der Waals surface area contributed by atoms with Crippen molar-refractivity contribution in [1.29, 1.82) is 0 Å². The van der Waals surface area contributed by atoms with Gasteiger partial charge in [0, 0.05) is 17.7 Å². The maximum absolute atomic E-state index is 12.1. The van der Waals surface area contributed by atoms with E-state index >= 15 is 0 Å². The van der Waals surface area contributed by atoms with Gasteiger partial charge < -0.3 is 10.4 Å². The second-order valence-electron chi connectivity index (χ2n) is 4.62. The minimum absolute atomic E-state index is 0.142. The lowest BCUT2D eigenvalue weighted by molar-refractivity contribution is 0.0950. The van der Waals surface area contributed by atoms with E-state index in [4.69, 9.17) is 0 Å². The van der Waals surface area contributed by atoms with Gasteiger partial charge in [-0.05, 0) is 31.5 Å². The first-order chi connectivity index (χ1) is 9.08. The van der Waals surface area contributed by atoms with Gasteiger partial charge in [-0.15, -0.1) is 0 Å². The summed E-state index contributed by atoms with van der Waals surface area (Å²) in [6.45, 7) is 4.23. The minimum atomic E-state index is -0.171. The van der Waals surface area contributed by atoms with Gasteiger partial charge in [0.05, 0.1) is 0 Å². The number of carbonyl (C=O) groups is 1. The Bertz CT molecular complexity index is 605. The number of amides is 1. The summed E-state index contributed by atoms with van der Waals surface area (Å²) < 4.78 is 0. The molecule has 0 unspecified atom stereocenters. The van der Waals surface area contributed by atoms with Crippen LogP contribution in [0.4, 0.5) is 0 Å². The van der Waals surface area contributed by atoms with Crippen LogP contribution in [0.1, 0.15) is 27.0 Å². The number of hydrogen-bond donors (Lipinski definition) is 2. The molecule has 0 fully saturated rings. The molecule has 3 nitrogen and oxygen atoms in total. The fourth-order valence-electron chi connectivity index (χ4n) is 1.97. The lowest BCUT2D eigenvalue weighted by atomic mass is 10.1. The van der Waals surface area contributed by atoms with Gasteiger partial charge in [-0.3, -0.25) is 4.79 Å². The number of phenolic OH excluding ortho intramolecular Hbond substituents is 1. The predicted molar refractivity (Wildman–Crippen MR) is 75.2 cm³/mol. The molecule has 19 heavy (non-hydrogen) atoms. The van der Waals surface area contributed by atoms with E-state index in [9.17, 15) is 9.90 Å². The van der Waals surface area contributed by atoms with Crippen LogP contribution in [0.5, 0.6) is 5.75 Å². The minimum Gasteiger partial charge on any atom is -0.508 e. The average Bonchev–Trinajstić information content (AvgIpc) is 2.39. The molecule has 0 aromatic heterocycles. The Morgan fingerprint density at radius 1 is 1.16 bits per heavy atom. The number of aromatic hydroxyl groups is 1. The van der Waals surface area contributed by atoms with E-state index in [0.29, 0.717) is 17.7 Å². The van der Waals surface area contributed by atoms with Crippen molar-refractivity contribution in [3.8, 4) is 5.75 Å². The molecule has 2 aromatic carbocycles. The molecule has 0 bridgehead atoms. The second-order valence-corrected chi connectivity index (χ2v) is 4.62. The van der Waals surface area contributed by atoms with E-state index in [2.05, 4.69) is 5.32 Å². The fourth-order valence-corrected chi connectivity index (χ4v) is 1.97. The molecule has 2 aromatic rings. The maximum Gasteiger partial charge on any atom is 0.251 e. The van der Waals surface area contributed by atoms with Crippen LogP contribution in [0.3, 0.4) is 0 Å². The SMILES string of the molecule is Cc1cccc(CNC(=O)c2cccc(O)c2C)c1. The van der Waals surface area contributed by atoms with E-state index in [1.165, 1.54) is 5.56 Å². The van der Waals surface area contributed by atoms with Crippen LogP contribution in [0.2, 0.25) is 0 Å². The van der Waals surface area contributed by atoms with Crippen molar-refractivity contribution in [2.45, 2.75) is 20.4 Å². The summed E-state index contributed by atoms with van der Waals surface area (Å²) in [7, 11) is 0. The Balaban J connectivity index is 2.08. The molecule has 2 N–H and O–H groups in total. The molecule has 0 radical (unpaired) electrons. The number of nitrogens with one attached hydrogen (secondary N) is 1. The second kappa shape index (κ2) is 5.57. The van der Waals surface area contributed by atoms with Crippen molar-refractivity contribution in [3.05, 3.63) is 64.7 Å². The molecule has 0 aliphatic rings. The molecule has 0 heterocycles. The van der Waals surface area contributed by atoms with Gasteiger partial charge in [0.25, 0.3) is 5.91 Å². The number of rotatable bonds is 3. The van der Waals surface area contributed by atoms with Crippen LogP contribution < -0.4 is 5.32 Å². The molecule has 98 valence electrons. The first-order valence-corrected chi connectivity index (χ1v) is 6.20. The third-order valence-electron chi connectivity index (χ3n) is 3.09. The van der Waals surface area contributed by atoms with Crippen LogP contribution in [0.25, 0.3) is 0 Å². The van der Waals surface area contributed by atoms with Crippen molar-refractivity contribution in [1.82, 2.24) is 5.32 Å². The smallest absolute Gasteiger partial charge is 0.251 e. The number of hydrogen-bond acceptors (Lipinski definition) is 2. The largest absolute Gasteiger partial charge is 0.508 e. The van der Waals surface area contributed by atoms with Gasteiger partial charge in [0.1, 0.15) is 5.75 Å². The number of aryl methyl sites for hydroxylation is 1. The molecule has 0 spiro atoms. The van der Waals surface area contributed by atoms with Gasteiger partial charge in [-0.2, -0.15) is 0 Å². The molecule has 0 saturated heterocycles. The number of phenols is 1. The van der Waals surface area contributed by atoms with Gasteiger partial charge in [-0.25, -0.2) is 0 Å². The molecule has 0 aliphatic heterocycles. The summed E-state index contributed by atoms with van der Waals surface area (Å²) in [6, 6.07) is 13.0. The number of carbonyl (C=O) groups excluding carboxylic acids is 1. The van der Waals surface area contributed by atoms with Gasteiger partial charge in [0.15, 0.2) is 0 Å². The van der Waals surface area contributed by atoms with Crippen molar-refractivity contribution >= 4 is 5.91 Å². The quantitative estimate of drug-likeness (QED) is 0.886. The predicted octanol–water partition coefficient (Wildman–Crippen LogP) is 2.94. The molecule has 3 heteroatoms. The summed E-state index contributed by atoms with van der Waals surface area (Å²) in [5.74, 6) is -0.0295. The van der Waals surface area contributed by atoms with E-state index in [1.807, 2.05) is 31.2 Å². The first kappa shape index (κ1) is 13.1. The normalized spacial score (nSPS) is 10.2. The molecular formula is C16H17NO2. The Labute approximate surface area is 112 Å². The lowest BCUT2D eigenvalue weighted by Crippen LogP contribution is -2.23. The molecular weight excluding hydrogens is 238 g/mol. The molecule has 0 saturated carbocycles. The first-order valence-electron chi connectivity index (χ1n) is 6.20. The Hall–Kier alpha value is -2.29. The average molecular weight is 255 g/mol. The fraction of sp³-hybridized carbons (Fsp3) is 0.188. The zero-order valence-corrected chi connectivity index (χ0v) is 11.1. The molecule has 2 rings (SSSR count). The Morgan fingerprint density at radius 3 is 2.63 bits per heavy atom. The van der Waals surface area contributed by atoms with Gasteiger partial charge in [0.2, 0.25) is 0 Å². The number of benzene rings is 2. The van der Waals surface area contributed by atoms with E-state index in [0.717, 1.165) is 5.56 Å². The lowest BCUT2D eigenvalue weighted by Gasteiger charge is -2.09.